The lowest BCUT2D eigenvalue weighted by atomic mass is 9.87. The van der Waals surface area contributed by atoms with Gasteiger partial charge in [-0.3, -0.25) is 4.79 Å². The zero-order valence-corrected chi connectivity index (χ0v) is 9.16. The molecule has 6 heteroatoms. The molecule has 1 aromatic heterocycles. The van der Waals surface area contributed by atoms with Gasteiger partial charge in [0.05, 0.1) is 0 Å². The van der Waals surface area contributed by atoms with Gasteiger partial charge >= 0.3 is 6.18 Å². The summed E-state index contributed by atoms with van der Waals surface area (Å²) >= 11 is 0. The summed E-state index contributed by atoms with van der Waals surface area (Å²) in [6.07, 6.45) is -2.12. The van der Waals surface area contributed by atoms with Crippen LogP contribution in [-0.4, -0.2) is 4.98 Å². The minimum absolute atomic E-state index is 0.0181. The molecule has 1 heterocycles. The van der Waals surface area contributed by atoms with E-state index < -0.39 is 17.4 Å². The summed E-state index contributed by atoms with van der Waals surface area (Å²) in [4.78, 5) is 13.5. The summed E-state index contributed by atoms with van der Waals surface area (Å²) in [5.41, 5.74) is 4.86. The first-order valence-electron chi connectivity index (χ1n) is 5.49. The predicted octanol–water partition coefficient (Wildman–Crippen LogP) is 1.73. The number of halogens is 3. The first kappa shape index (κ1) is 12.2. The SMILES string of the molecule is NCc1c2c(c(C(F)(F)F)[nH]c1=O)CCCC2. The van der Waals surface area contributed by atoms with Gasteiger partial charge in [0.2, 0.25) is 0 Å². The van der Waals surface area contributed by atoms with Gasteiger partial charge in [0.1, 0.15) is 5.69 Å². The van der Waals surface area contributed by atoms with E-state index in [1.54, 1.807) is 0 Å². The molecule has 0 saturated heterocycles. The third-order valence-electron chi connectivity index (χ3n) is 3.13. The fraction of sp³-hybridized carbons (Fsp3) is 0.545. The molecule has 1 aliphatic carbocycles. The van der Waals surface area contributed by atoms with E-state index in [4.69, 9.17) is 5.73 Å². The second-order valence-electron chi connectivity index (χ2n) is 4.17. The quantitative estimate of drug-likeness (QED) is 0.792. The van der Waals surface area contributed by atoms with Crippen LogP contribution in [0.3, 0.4) is 0 Å². The molecule has 2 rings (SSSR count). The lowest BCUT2D eigenvalue weighted by Crippen LogP contribution is -2.28. The topological polar surface area (TPSA) is 58.9 Å². The molecule has 0 fully saturated rings. The van der Waals surface area contributed by atoms with Crippen molar-refractivity contribution in [1.82, 2.24) is 4.98 Å². The first-order chi connectivity index (χ1) is 7.95. The summed E-state index contributed by atoms with van der Waals surface area (Å²) in [5.74, 6) is 0. The van der Waals surface area contributed by atoms with Gasteiger partial charge in [-0.2, -0.15) is 13.2 Å². The maximum atomic E-state index is 12.8. The van der Waals surface area contributed by atoms with Gasteiger partial charge in [0.15, 0.2) is 0 Å². The number of H-pyrrole nitrogens is 1. The number of hydrogen-bond donors (Lipinski definition) is 2. The highest BCUT2D eigenvalue weighted by Crippen LogP contribution is 2.34. The maximum absolute atomic E-state index is 12.8. The molecular weight excluding hydrogens is 233 g/mol. The van der Waals surface area contributed by atoms with E-state index in [0.717, 1.165) is 6.42 Å². The number of hydrogen-bond acceptors (Lipinski definition) is 2. The van der Waals surface area contributed by atoms with Gasteiger partial charge in [-0.1, -0.05) is 0 Å². The Bertz CT molecular complexity index is 491. The molecule has 0 amide bonds. The summed E-state index contributed by atoms with van der Waals surface area (Å²) in [6, 6.07) is 0. The van der Waals surface area contributed by atoms with E-state index in [1.807, 2.05) is 4.98 Å². The Hall–Kier alpha value is -1.30. The molecule has 0 saturated carbocycles. The highest BCUT2D eigenvalue weighted by Gasteiger charge is 2.37. The van der Waals surface area contributed by atoms with E-state index in [1.165, 1.54) is 0 Å². The number of pyridine rings is 1. The van der Waals surface area contributed by atoms with Crippen LogP contribution >= 0.6 is 0 Å². The monoisotopic (exact) mass is 246 g/mol. The van der Waals surface area contributed by atoms with Crippen molar-refractivity contribution in [3.05, 3.63) is 32.7 Å². The Kier molecular flexibility index (Phi) is 2.99. The van der Waals surface area contributed by atoms with Gasteiger partial charge in [0.25, 0.3) is 5.56 Å². The third-order valence-corrected chi connectivity index (χ3v) is 3.13. The Labute approximate surface area is 95.8 Å². The molecule has 17 heavy (non-hydrogen) atoms. The molecule has 0 unspecified atom stereocenters. The maximum Gasteiger partial charge on any atom is 0.431 e. The second kappa shape index (κ2) is 4.18. The molecule has 0 bridgehead atoms. The summed E-state index contributed by atoms with van der Waals surface area (Å²) < 4.78 is 38.4. The molecule has 0 radical (unpaired) electrons. The van der Waals surface area contributed by atoms with Gasteiger partial charge in [-0.05, 0) is 36.8 Å². The number of nitrogens with one attached hydrogen (secondary N) is 1. The second-order valence-corrected chi connectivity index (χ2v) is 4.17. The lowest BCUT2D eigenvalue weighted by Gasteiger charge is -2.22. The smallest absolute Gasteiger partial charge is 0.326 e. The van der Waals surface area contributed by atoms with Crippen LogP contribution in [0.5, 0.6) is 0 Å². The number of rotatable bonds is 1. The van der Waals surface area contributed by atoms with Gasteiger partial charge in [-0.15, -0.1) is 0 Å². The van der Waals surface area contributed by atoms with E-state index in [9.17, 15) is 18.0 Å². The van der Waals surface area contributed by atoms with Crippen LogP contribution in [0.2, 0.25) is 0 Å². The number of aromatic amines is 1. The van der Waals surface area contributed by atoms with Crippen LogP contribution in [0.25, 0.3) is 0 Å². The largest absolute Gasteiger partial charge is 0.431 e. The fourth-order valence-corrected chi connectivity index (χ4v) is 2.37. The van der Waals surface area contributed by atoms with Crippen molar-refractivity contribution in [2.45, 2.75) is 38.4 Å². The van der Waals surface area contributed by atoms with Crippen LogP contribution in [0.15, 0.2) is 4.79 Å². The predicted molar refractivity (Wildman–Crippen MR) is 56.6 cm³/mol. The molecule has 1 aliphatic rings. The van der Waals surface area contributed by atoms with Gasteiger partial charge < -0.3 is 10.7 Å². The Balaban J connectivity index is 2.71. The van der Waals surface area contributed by atoms with E-state index in [0.29, 0.717) is 30.4 Å². The summed E-state index contributed by atoms with van der Waals surface area (Å²) in [7, 11) is 0. The third kappa shape index (κ3) is 2.09. The number of alkyl halides is 3. The highest BCUT2D eigenvalue weighted by molar-refractivity contribution is 5.39. The van der Waals surface area contributed by atoms with E-state index >= 15 is 0 Å². The van der Waals surface area contributed by atoms with Crippen LogP contribution in [0.1, 0.15) is 35.2 Å². The standard InChI is InChI=1S/C11H13F3N2O/c12-11(13,14)9-7-4-2-1-3-6(7)8(5-15)10(17)16-9/h1-5,15H2,(H,16,17). The minimum Gasteiger partial charge on any atom is -0.326 e. The number of aromatic nitrogens is 1. The first-order valence-corrected chi connectivity index (χ1v) is 5.49. The van der Waals surface area contributed by atoms with Crippen molar-refractivity contribution in [3.63, 3.8) is 0 Å². The zero-order valence-electron chi connectivity index (χ0n) is 9.16. The van der Waals surface area contributed by atoms with Crippen molar-refractivity contribution in [2.24, 2.45) is 5.73 Å². The van der Waals surface area contributed by atoms with Gasteiger partial charge in [0, 0.05) is 12.1 Å². The number of nitrogens with two attached hydrogens (primary N) is 1. The Morgan fingerprint density at radius 2 is 1.76 bits per heavy atom. The van der Waals surface area contributed by atoms with Crippen LogP contribution in [-0.2, 0) is 25.6 Å². The van der Waals surface area contributed by atoms with Crippen LogP contribution < -0.4 is 11.3 Å². The average molecular weight is 246 g/mol. The zero-order chi connectivity index (χ0) is 12.6. The molecule has 0 atom stereocenters. The molecule has 3 nitrogen and oxygen atoms in total. The normalized spacial score (nSPS) is 15.8. The highest BCUT2D eigenvalue weighted by atomic mass is 19.4. The van der Waals surface area contributed by atoms with Crippen molar-refractivity contribution >= 4 is 0 Å². The molecule has 94 valence electrons. The summed E-state index contributed by atoms with van der Waals surface area (Å²) in [6.45, 7) is -0.0181. The molecule has 0 aliphatic heterocycles. The fourth-order valence-electron chi connectivity index (χ4n) is 2.37. The van der Waals surface area contributed by atoms with E-state index in [2.05, 4.69) is 0 Å². The van der Waals surface area contributed by atoms with Crippen LogP contribution in [0.4, 0.5) is 13.2 Å². The molecular formula is C11H13F3N2O. The average Bonchev–Trinajstić information content (AvgIpc) is 2.27. The molecule has 1 aromatic rings. The Morgan fingerprint density at radius 1 is 1.18 bits per heavy atom. The van der Waals surface area contributed by atoms with Crippen molar-refractivity contribution in [2.75, 3.05) is 0 Å². The molecule has 0 spiro atoms. The van der Waals surface area contributed by atoms with Gasteiger partial charge in [-0.25, -0.2) is 0 Å². The van der Waals surface area contributed by atoms with Crippen LogP contribution in [0, 0.1) is 0 Å². The van der Waals surface area contributed by atoms with Crippen molar-refractivity contribution in [3.8, 4) is 0 Å². The van der Waals surface area contributed by atoms with Crippen molar-refractivity contribution < 1.29 is 13.2 Å². The Morgan fingerprint density at radius 3 is 2.29 bits per heavy atom. The molecule has 0 aromatic carbocycles. The summed E-state index contributed by atoms with van der Waals surface area (Å²) in [5, 5.41) is 0. The number of fused-ring (bicyclic) bond motifs is 1. The minimum atomic E-state index is -4.51. The van der Waals surface area contributed by atoms with Crippen molar-refractivity contribution in [1.29, 1.82) is 0 Å². The lowest BCUT2D eigenvalue weighted by molar-refractivity contribution is -0.142. The molecule has 3 N–H and O–H groups in total. The van der Waals surface area contributed by atoms with E-state index in [-0.39, 0.29) is 12.1 Å².